The Morgan fingerprint density at radius 1 is 0.548 bits per heavy atom. The van der Waals surface area contributed by atoms with Gasteiger partial charge in [0, 0.05) is 54.7 Å². The SMILES string of the molecule is CO[Si](CCCCC(CCCC[Si](OC)(OC)OC)C(C)(C)CC(C)(C)C)(OC)OC. The van der Waals surface area contributed by atoms with Crippen LogP contribution in [0.1, 0.15) is 79.6 Å². The molecule has 0 bridgehead atoms. The Hall–Kier alpha value is 0.194. The van der Waals surface area contributed by atoms with E-state index in [-0.39, 0.29) is 5.41 Å². The Labute approximate surface area is 195 Å². The van der Waals surface area contributed by atoms with Crippen molar-refractivity contribution >= 4 is 17.6 Å². The van der Waals surface area contributed by atoms with E-state index in [0.717, 1.165) is 37.8 Å². The van der Waals surface area contributed by atoms with E-state index < -0.39 is 17.6 Å². The Morgan fingerprint density at radius 3 is 1.13 bits per heavy atom. The maximum Gasteiger partial charge on any atom is 0.500 e. The fourth-order valence-electron chi connectivity index (χ4n) is 5.01. The summed E-state index contributed by atoms with van der Waals surface area (Å²) >= 11 is 0. The van der Waals surface area contributed by atoms with Crippen molar-refractivity contribution in [3.05, 3.63) is 0 Å². The van der Waals surface area contributed by atoms with E-state index in [4.69, 9.17) is 26.6 Å². The van der Waals surface area contributed by atoms with E-state index >= 15 is 0 Å². The monoisotopic (exact) mass is 480 g/mol. The molecule has 0 unspecified atom stereocenters. The minimum absolute atomic E-state index is 0.287. The third-order valence-electron chi connectivity index (χ3n) is 6.53. The fraction of sp³-hybridized carbons (Fsp3) is 1.00. The third-order valence-corrected chi connectivity index (χ3v) is 12.2. The van der Waals surface area contributed by atoms with Crippen LogP contribution in [0.15, 0.2) is 0 Å². The molecule has 0 saturated carbocycles. The summed E-state index contributed by atoms with van der Waals surface area (Å²) in [6.45, 7) is 11.9. The molecule has 0 fully saturated rings. The van der Waals surface area contributed by atoms with Crippen molar-refractivity contribution in [2.45, 2.75) is 91.7 Å². The maximum atomic E-state index is 5.58. The zero-order valence-electron chi connectivity index (χ0n) is 22.4. The normalized spacial score (nSPS) is 13.9. The van der Waals surface area contributed by atoms with Crippen molar-refractivity contribution in [2.24, 2.45) is 16.7 Å². The van der Waals surface area contributed by atoms with Crippen LogP contribution >= 0.6 is 0 Å². The standard InChI is InChI=1S/C23H52O6Si2/c1-22(2,3)20-23(4,5)21(16-12-14-18-30(24-6,25-7)26-8)17-13-15-19-31(27-9,28-10)29-11/h21H,12-20H2,1-11H3. The molecule has 31 heavy (non-hydrogen) atoms. The summed E-state index contributed by atoms with van der Waals surface area (Å²) < 4.78 is 33.5. The van der Waals surface area contributed by atoms with Gasteiger partial charge >= 0.3 is 17.6 Å². The first-order valence-electron chi connectivity index (χ1n) is 11.7. The van der Waals surface area contributed by atoms with E-state index in [1.165, 1.54) is 19.3 Å². The molecular weight excluding hydrogens is 428 g/mol. The predicted molar refractivity (Wildman–Crippen MR) is 132 cm³/mol. The maximum absolute atomic E-state index is 5.58. The molecule has 0 saturated heterocycles. The average molecular weight is 481 g/mol. The van der Waals surface area contributed by atoms with Crippen molar-refractivity contribution in [3.63, 3.8) is 0 Å². The summed E-state index contributed by atoms with van der Waals surface area (Å²) in [6.07, 6.45) is 8.10. The van der Waals surface area contributed by atoms with Crippen LogP contribution in [0.25, 0.3) is 0 Å². The smallest absolute Gasteiger partial charge is 0.377 e. The van der Waals surface area contributed by atoms with Gasteiger partial charge in [0.05, 0.1) is 0 Å². The van der Waals surface area contributed by atoms with Crippen LogP contribution in [0.3, 0.4) is 0 Å². The molecule has 6 nitrogen and oxygen atoms in total. The minimum Gasteiger partial charge on any atom is -0.377 e. The molecule has 0 aromatic rings. The first-order chi connectivity index (χ1) is 14.4. The van der Waals surface area contributed by atoms with Gasteiger partial charge in [-0.25, -0.2) is 0 Å². The highest BCUT2D eigenvalue weighted by Crippen LogP contribution is 2.43. The highest BCUT2D eigenvalue weighted by atomic mass is 28.4. The number of hydrogen-bond acceptors (Lipinski definition) is 6. The second-order valence-electron chi connectivity index (χ2n) is 10.5. The first kappa shape index (κ1) is 31.2. The van der Waals surface area contributed by atoms with Gasteiger partial charge in [0.2, 0.25) is 0 Å². The van der Waals surface area contributed by atoms with Gasteiger partial charge in [0.25, 0.3) is 0 Å². The summed E-state index contributed by atoms with van der Waals surface area (Å²) in [5.41, 5.74) is 0.602. The third kappa shape index (κ3) is 11.2. The van der Waals surface area contributed by atoms with Gasteiger partial charge in [0.1, 0.15) is 0 Å². The molecule has 0 aromatic heterocycles. The van der Waals surface area contributed by atoms with Crippen LogP contribution in [0.2, 0.25) is 12.1 Å². The van der Waals surface area contributed by atoms with Crippen molar-refractivity contribution in [2.75, 3.05) is 42.7 Å². The Bertz CT molecular complexity index is 415. The molecule has 0 aliphatic rings. The van der Waals surface area contributed by atoms with Gasteiger partial charge in [-0.05, 0) is 48.9 Å². The lowest BCUT2D eigenvalue weighted by molar-refractivity contribution is 0.107. The first-order valence-corrected chi connectivity index (χ1v) is 15.6. The second kappa shape index (κ2) is 14.5. The molecular formula is C23H52O6Si2. The summed E-state index contributed by atoms with van der Waals surface area (Å²) in [4.78, 5) is 0. The fourth-order valence-corrected chi connectivity index (χ4v) is 8.60. The molecule has 0 aliphatic carbocycles. The van der Waals surface area contributed by atoms with Gasteiger partial charge in [-0.1, -0.05) is 47.5 Å². The topological polar surface area (TPSA) is 55.4 Å². The molecule has 188 valence electrons. The van der Waals surface area contributed by atoms with Crippen LogP contribution in [0.4, 0.5) is 0 Å². The molecule has 0 rings (SSSR count). The van der Waals surface area contributed by atoms with Gasteiger partial charge in [-0.3, -0.25) is 0 Å². The van der Waals surface area contributed by atoms with E-state index in [0.29, 0.717) is 11.3 Å². The molecule has 0 radical (unpaired) electrons. The van der Waals surface area contributed by atoms with Crippen molar-refractivity contribution in [1.29, 1.82) is 0 Å². The molecule has 0 atom stereocenters. The number of rotatable bonds is 18. The predicted octanol–water partition coefficient (Wildman–Crippen LogP) is 6.16. The lowest BCUT2D eigenvalue weighted by Gasteiger charge is -2.40. The summed E-state index contributed by atoms with van der Waals surface area (Å²) in [5.74, 6) is 0.666. The average Bonchev–Trinajstić information content (AvgIpc) is 2.71. The van der Waals surface area contributed by atoms with E-state index in [9.17, 15) is 0 Å². The molecule has 0 heterocycles. The Morgan fingerprint density at radius 2 is 0.871 bits per heavy atom. The summed E-state index contributed by atoms with van der Waals surface area (Å²) in [7, 11) is 5.20. The van der Waals surface area contributed by atoms with Crippen LogP contribution in [-0.4, -0.2) is 60.3 Å². The van der Waals surface area contributed by atoms with Gasteiger partial charge < -0.3 is 26.6 Å². The van der Waals surface area contributed by atoms with Crippen LogP contribution in [0, 0.1) is 16.7 Å². The number of unbranched alkanes of at least 4 members (excludes halogenated alkanes) is 2. The summed E-state index contributed by atoms with van der Waals surface area (Å²) in [6, 6.07) is 1.74. The molecule has 0 aliphatic heterocycles. The van der Waals surface area contributed by atoms with E-state index in [1.54, 1.807) is 42.7 Å². The minimum atomic E-state index is -2.48. The lowest BCUT2D eigenvalue weighted by Crippen LogP contribution is -2.42. The second-order valence-corrected chi connectivity index (χ2v) is 16.7. The van der Waals surface area contributed by atoms with Crippen LogP contribution in [-0.2, 0) is 26.6 Å². The van der Waals surface area contributed by atoms with Crippen molar-refractivity contribution in [3.8, 4) is 0 Å². The van der Waals surface area contributed by atoms with Crippen molar-refractivity contribution < 1.29 is 26.6 Å². The quantitative estimate of drug-likeness (QED) is 0.173. The van der Waals surface area contributed by atoms with Gasteiger partial charge in [-0.15, -0.1) is 0 Å². The Kier molecular flexibility index (Phi) is 14.5. The highest BCUT2D eigenvalue weighted by molar-refractivity contribution is 6.60. The Balaban J connectivity index is 4.95. The van der Waals surface area contributed by atoms with E-state index in [1.807, 2.05) is 0 Å². The zero-order chi connectivity index (χ0) is 24.2. The molecule has 0 N–H and O–H groups in total. The van der Waals surface area contributed by atoms with Crippen LogP contribution < -0.4 is 0 Å². The van der Waals surface area contributed by atoms with Crippen molar-refractivity contribution in [1.82, 2.24) is 0 Å². The lowest BCUT2D eigenvalue weighted by atomic mass is 9.66. The van der Waals surface area contributed by atoms with Gasteiger partial charge in [0.15, 0.2) is 0 Å². The zero-order valence-corrected chi connectivity index (χ0v) is 24.4. The van der Waals surface area contributed by atoms with Gasteiger partial charge in [-0.2, -0.15) is 0 Å². The molecule has 0 aromatic carbocycles. The molecule has 8 heteroatoms. The molecule has 0 spiro atoms. The largest absolute Gasteiger partial charge is 0.500 e. The highest BCUT2D eigenvalue weighted by Gasteiger charge is 2.39. The molecule has 0 amide bonds. The number of hydrogen-bond donors (Lipinski definition) is 0. The van der Waals surface area contributed by atoms with Crippen LogP contribution in [0.5, 0.6) is 0 Å². The van der Waals surface area contributed by atoms with E-state index in [2.05, 4.69) is 34.6 Å². The summed E-state index contributed by atoms with van der Waals surface area (Å²) in [5, 5.41) is 0.